The predicted octanol–water partition coefficient (Wildman–Crippen LogP) is 1.48. The summed E-state index contributed by atoms with van der Waals surface area (Å²) in [4.78, 5) is 11.5. The van der Waals surface area contributed by atoms with Gasteiger partial charge in [0, 0.05) is 7.05 Å². The van der Waals surface area contributed by atoms with Crippen molar-refractivity contribution in [3.05, 3.63) is 17.5 Å². The van der Waals surface area contributed by atoms with E-state index in [1.807, 2.05) is 20.8 Å². The van der Waals surface area contributed by atoms with E-state index >= 15 is 0 Å². The first-order valence-electron chi connectivity index (χ1n) is 5.05. The molecular formula is C11H16N2O2. The Balaban J connectivity index is 2.59. The van der Waals surface area contributed by atoms with Crippen molar-refractivity contribution in [1.82, 2.24) is 9.78 Å². The van der Waals surface area contributed by atoms with E-state index in [1.165, 1.54) is 0 Å². The standard InChI is InChI=1S/C11H16N2O2/c1-7-5-12-13(4)8(7)11(9(14)15)6-10(11,2)3/h5H,6H2,1-4H3,(H,14,15). The number of carbonyl (C=O) groups is 1. The number of aromatic nitrogens is 2. The molecule has 15 heavy (non-hydrogen) atoms. The van der Waals surface area contributed by atoms with Gasteiger partial charge in [-0.1, -0.05) is 13.8 Å². The second kappa shape index (κ2) is 2.62. The van der Waals surface area contributed by atoms with Crippen LogP contribution in [0.2, 0.25) is 0 Å². The largest absolute Gasteiger partial charge is 0.481 e. The van der Waals surface area contributed by atoms with Crippen molar-refractivity contribution in [2.24, 2.45) is 12.5 Å². The second-order valence-corrected chi connectivity index (χ2v) is 5.07. The van der Waals surface area contributed by atoms with Crippen molar-refractivity contribution in [2.75, 3.05) is 0 Å². The lowest BCUT2D eigenvalue weighted by Crippen LogP contribution is -2.29. The van der Waals surface area contributed by atoms with Gasteiger partial charge in [-0.15, -0.1) is 0 Å². The molecule has 1 aromatic rings. The fourth-order valence-corrected chi connectivity index (χ4v) is 2.65. The van der Waals surface area contributed by atoms with Gasteiger partial charge in [0.05, 0.1) is 11.9 Å². The topological polar surface area (TPSA) is 55.1 Å². The van der Waals surface area contributed by atoms with Gasteiger partial charge in [-0.05, 0) is 24.3 Å². The number of hydrogen-bond acceptors (Lipinski definition) is 2. The van der Waals surface area contributed by atoms with Crippen LogP contribution in [0.25, 0.3) is 0 Å². The molecule has 4 nitrogen and oxygen atoms in total. The maximum atomic E-state index is 11.5. The highest BCUT2D eigenvalue weighted by atomic mass is 16.4. The molecule has 1 aromatic heterocycles. The summed E-state index contributed by atoms with van der Waals surface area (Å²) in [6.45, 7) is 5.91. The van der Waals surface area contributed by atoms with E-state index in [4.69, 9.17) is 0 Å². The Hall–Kier alpha value is -1.32. The molecule has 82 valence electrons. The lowest BCUT2D eigenvalue weighted by atomic mass is 9.90. The van der Waals surface area contributed by atoms with Crippen LogP contribution in [-0.4, -0.2) is 20.9 Å². The minimum absolute atomic E-state index is 0.169. The first-order chi connectivity index (χ1) is 6.83. The fraction of sp³-hybridized carbons (Fsp3) is 0.636. The van der Waals surface area contributed by atoms with Crippen LogP contribution in [0.3, 0.4) is 0 Å². The summed E-state index contributed by atoms with van der Waals surface area (Å²) in [6.07, 6.45) is 2.42. The number of aliphatic carboxylic acids is 1. The molecule has 0 aliphatic heterocycles. The Morgan fingerprint density at radius 1 is 1.60 bits per heavy atom. The Kier molecular flexibility index (Phi) is 1.78. The number of nitrogens with zero attached hydrogens (tertiary/aromatic N) is 2. The summed E-state index contributed by atoms with van der Waals surface area (Å²) in [5.74, 6) is -0.737. The number of carboxylic acid groups (broad SMARTS) is 1. The van der Waals surface area contributed by atoms with E-state index in [0.717, 1.165) is 11.3 Å². The van der Waals surface area contributed by atoms with Gasteiger partial charge in [-0.3, -0.25) is 9.48 Å². The molecular weight excluding hydrogens is 192 g/mol. The lowest BCUT2D eigenvalue weighted by Gasteiger charge is -2.17. The molecule has 0 saturated heterocycles. The van der Waals surface area contributed by atoms with E-state index in [1.54, 1.807) is 17.9 Å². The Labute approximate surface area is 88.9 Å². The van der Waals surface area contributed by atoms with E-state index in [9.17, 15) is 9.90 Å². The summed E-state index contributed by atoms with van der Waals surface area (Å²) in [5, 5.41) is 13.5. The average Bonchev–Trinajstić information content (AvgIpc) is 2.51. The van der Waals surface area contributed by atoms with Crippen molar-refractivity contribution < 1.29 is 9.90 Å². The summed E-state index contributed by atoms with van der Waals surface area (Å²) >= 11 is 0. The zero-order valence-corrected chi connectivity index (χ0v) is 9.53. The quantitative estimate of drug-likeness (QED) is 0.801. The van der Waals surface area contributed by atoms with Gasteiger partial charge in [0.25, 0.3) is 0 Å². The number of hydrogen-bond donors (Lipinski definition) is 1. The highest BCUT2D eigenvalue weighted by Crippen LogP contribution is 2.64. The zero-order chi connectivity index (χ0) is 11.4. The van der Waals surface area contributed by atoms with Crippen LogP contribution in [0.1, 0.15) is 31.5 Å². The van der Waals surface area contributed by atoms with Gasteiger partial charge >= 0.3 is 5.97 Å². The molecule has 1 fully saturated rings. The van der Waals surface area contributed by atoms with Crippen molar-refractivity contribution in [1.29, 1.82) is 0 Å². The van der Waals surface area contributed by atoms with Gasteiger partial charge in [0.15, 0.2) is 0 Å². The highest BCUT2D eigenvalue weighted by Gasteiger charge is 2.69. The van der Waals surface area contributed by atoms with Crippen LogP contribution in [0.5, 0.6) is 0 Å². The SMILES string of the molecule is Cc1cnn(C)c1C1(C(=O)O)CC1(C)C. The van der Waals surface area contributed by atoms with Gasteiger partial charge in [-0.2, -0.15) is 5.10 Å². The molecule has 0 radical (unpaired) electrons. The molecule has 1 unspecified atom stereocenters. The number of carboxylic acids is 1. The molecule has 0 amide bonds. The van der Waals surface area contributed by atoms with E-state index in [-0.39, 0.29) is 5.41 Å². The average molecular weight is 208 g/mol. The van der Waals surface area contributed by atoms with E-state index < -0.39 is 11.4 Å². The van der Waals surface area contributed by atoms with Crippen LogP contribution >= 0.6 is 0 Å². The first-order valence-corrected chi connectivity index (χ1v) is 5.05. The molecule has 4 heteroatoms. The van der Waals surface area contributed by atoms with Crippen molar-refractivity contribution in [2.45, 2.75) is 32.6 Å². The minimum atomic E-state index is -0.737. The molecule has 1 saturated carbocycles. The second-order valence-electron chi connectivity index (χ2n) is 5.07. The van der Waals surface area contributed by atoms with Gasteiger partial charge < -0.3 is 5.11 Å². The van der Waals surface area contributed by atoms with Gasteiger partial charge in [-0.25, -0.2) is 0 Å². The number of rotatable bonds is 2. The molecule has 1 aliphatic rings. The Morgan fingerprint density at radius 2 is 2.13 bits per heavy atom. The fourth-order valence-electron chi connectivity index (χ4n) is 2.65. The Morgan fingerprint density at radius 3 is 2.40 bits per heavy atom. The van der Waals surface area contributed by atoms with E-state index in [2.05, 4.69) is 5.10 Å². The summed E-state index contributed by atoms with van der Waals surface area (Å²) in [6, 6.07) is 0. The van der Waals surface area contributed by atoms with Crippen LogP contribution in [0.15, 0.2) is 6.20 Å². The zero-order valence-electron chi connectivity index (χ0n) is 9.53. The third-order valence-corrected chi connectivity index (χ3v) is 3.63. The van der Waals surface area contributed by atoms with Crippen LogP contribution in [0.4, 0.5) is 0 Å². The van der Waals surface area contributed by atoms with Crippen LogP contribution in [0, 0.1) is 12.3 Å². The molecule has 1 atom stereocenters. The van der Waals surface area contributed by atoms with Gasteiger partial charge in [0.1, 0.15) is 5.41 Å². The lowest BCUT2D eigenvalue weighted by molar-refractivity contribution is -0.141. The third kappa shape index (κ3) is 1.07. The first kappa shape index (κ1) is 10.2. The molecule has 1 aliphatic carbocycles. The van der Waals surface area contributed by atoms with Crippen molar-refractivity contribution in [3.8, 4) is 0 Å². The summed E-state index contributed by atoms with van der Waals surface area (Å²) < 4.78 is 1.69. The predicted molar refractivity (Wildman–Crippen MR) is 55.7 cm³/mol. The molecule has 0 aromatic carbocycles. The maximum Gasteiger partial charge on any atom is 0.316 e. The van der Waals surface area contributed by atoms with Gasteiger partial charge in [0.2, 0.25) is 0 Å². The molecule has 2 rings (SSSR count). The summed E-state index contributed by atoms with van der Waals surface area (Å²) in [7, 11) is 1.81. The van der Waals surface area contributed by atoms with Crippen molar-refractivity contribution >= 4 is 5.97 Å². The monoisotopic (exact) mass is 208 g/mol. The molecule has 0 spiro atoms. The molecule has 1 N–H and O–H groups in total. The Bertz CT molecular complexity index is 414. The third-order valence-electron chi connectivity index (χ3n) is 3.63. The van der Waals surface area contributed by atoms with E-state index in [0.29, 0.717) is 6.42 Å². The van der Waals surface area contributed by atoms with Crippen LogP contribution < -0.4 is 0 Å². The molecule has 0 bridgehead atoms. The van der Waals surface area contributed by atoms with Crippen LogP contribution in [-0.2, 0) is 17.3 Å². The normalized spacial score (nSPS) is 27.7. The molecule has 1 heterocycles. The maximum absolute atomic E-state index is 11.5. The highest BCUT2D eigenvalue weighted by molar-refractivity contribution is 5.87. The minimum Gasteiger partial charge on any atom is -0.481 e. The smallest absolute Gasteiger partial charge is 0.316 e. The number of aryl methyl sites for hydroxylation is 2. The van der Waals surface area contributed by atoms with Crippen molar-refractivity contribution in [3.63, 3.8) is 0 Å². The summed E-state index contributed by atoms with van der Waals surface area (Å²) in [5.41, 5.74) is 0.908.